The third kappa shape index (κ3) is 4.05. The van der Waals surface area contributed by atoms with Crippen molar-refractivity contribution in [1.29, 1.82) is 0 Å². The van der Waals surface area contributed by atoms with Gasteiger partial charge in [-0.3, -0.25) is 4.79 Å². The Bertz CT molecular complexity index is 827. The highest BCUT2D eigenvalue weighted by Crippen LogP contribution is 2.25. The molecule has 1 atom stereocenters. The standard InChI is InChI=1S/C19H21N5OS/c1-13(26-19-23-22-14(2)24(19)20)18(25)21-17(15-9-5-3-6-10-15)16-11-7-4-8-12-16/h3-13,17H,20H2,1-2H3,(H,21,25)/t13-/m0/s1. The van der Waals surface area contributed by atoms with Crippen LogP contribution in [0.5, 0.6) is 0 Å². The molecule has 1 heterocycles. The average Bonchev–Trinajstić information content (AvgIpc) is 2.99. The van der Waals surface area contributed by atoms with E-state index in [9.17, 15) is 4.79 Å². The zero-order chi connectivity index (χ0) is 18.5. The third-order valence-electron chi connectivity index (χ3n) is 4.04. The number of nitrogens with two attached hydrogens (primary N) is 1. The van der Waals surface area contributed by atoms with Crippen molar-refractivity contribution in [2.45, 2.75) is 30.3 Å². The highest BCUT2D eigenvalue weighted by atomic mass is 32.2. The van der Waals surface area contributed by atoms with Crippen LogP contribution in [0.4, 0.5) is 0 Å². The third-order valence-corrected chi connectivity index (χ3v) is 5.10. The van der Waals surface area contributed by atoms with E-state index in [4.69, 9.17) is 5.84 Å². The van der Waals surface area contributed by atoms with Crippen LogP contribution in [-0.2, 0) is 4.79 Å². The van der Waals surface area contributed by atoms with Crippen LogP contribution in [-0.4, -0.2) is 26.0 Å². The average molecular weight is 367 g/mol. The van der Waals surface area contributed by atoms with Crippen LogP contribution < -0.4 is 11.2 Å². The molecule has 1 amide bonds. The molecule has 3 rings (SSSR count). The van der Waals surface area contributed by atoms with Crippen molar-refractivity contribution in [3.63, 3.8) is 0 Å². The molecule has 26 heavy (non-hydrogen) atoms. The van der Waals surface area contributed by atoms with Crippen molar-refractivity contribution < 1.29 is 4.79 Å². The van der Waals surface area contributed by atoms with E-state index >= 15 is 0 Å². The second kappa shape index (κ2) is 8.05. The second-order valence-electron chi connectivity index (χ2n) is 5.92. The van der Waals surface area contributed by atoms with Gasteiger partial charge < -0.3 is 11.2 Å². The number of thioether (sulfide) groups is 1. The monoisotopic (exact) mass is 367 g/mol. The van der Waals surface area contributed by atoms with Gasteiger partial charge in [0.05, 0.1) is 11.3 Å². The molecule has 0 unspecified atom stereocenters. The van der Waals surface area contributed by atoms with Crippen LogP contribution >= 0.6 is 11.8 Å². The number of aryl methyl sites for hydroxylation is 1. The molecule has 2 aromatic carbocycles. The van der Waals surface area contributed by atoms with Crippen LogP contribution in [0.25, 0.3) is 0 Å². The number of benzene rings is 2. The first kappa shape index (κ1) is 18.0. The van der Waals surface area contributed by atoms with Gasteiger partial charge in [0.25, 0.3) is 0 Å². The van der Waals surface area contributed by atoms with Gasteiger partial charge in [0.15, 0.2) is 0 Å². The lowest BCUT2D eigenvalue weighted by atomic mass is 9.98. The van der Waals surface area contributed by atoms with Crippen molar-refractivity contribution in [2.24, 2.45) is 0 Å². The molecule has 1 aromatic heterocycles. The number of nitrogen functional groups attached to an aromatic ring is 1. The van der Waals surface area contributed by atoms with Gasteiger partial charge in [0.1, 0.15) is 5.82 Å². The number of aromatic nitrogens is 3. The summed E-state index contributed by atoms with van der Waals surface area (Å²) < 4.78 is 1.39. The van der Waals surface area contributed by atoms with Gasteiger partial charge in [0.2, 0.25) is 11.1 Å². The molecule has 0 aliphatic heterocycles. The number of rotatable bonds is 6. The summed E-state index contributed by atoms with van der Waals surface area (Å²) in [5.41, 5.74) is 2.06. The van der Waals surface area contributed by atoms with Crippen LogP contribution in [0, 0.1) is 6.92 Å². The van der Waals surface area contributed by atoms with E-state index in [1.165, 1.54) is 16.4 Å². The SMILES string of the molecule is Cc1nnc(S[C@@H](C)C(=O)NC(c2ccccc2)c2ccccc2)n1N. The number of nitrogens with one attached hydrogen (secondary N) is 1. The van der Waals surface area contributed by atoms with Crippen molar-refractivity contribution in [1.82, 2.24) is 20.2 Å². The summed E-state index contributed by atoms with van der Waals surface area (Å²) in [6.45, 7) is 3.60. The number of hydrogen-bond donors (Lipinski definition) is 2. The van der Waals surface area contributed by atoms with E-state index in [2.05, 4.69) is 15.5 Å². The molecule has 0 saturated heterocycles. The Morgan fingerprint density at radius 2 is 1.58 bits per heavy atom. The van der Waals surface area contributed by atoms with E-state index < -0.39 is 0 Å². The summed E-state index contributed by atoms with van der Waals surface area (Å²) >= 11 is 1.28. The maximum atomic E-state index is 12.8. The smallest absolute Gasteiger partial charge is 0.234 e. The van der Waals surface area contributed by atoms with Gasteiger partial charge in [-0.25, -0.2) is 4.68 Å². The quantitative estimate of drug-likeness (QED) is 0.517. The van der Waals surface area contributed by atoms with Gasteiger partial charge in [-0.1, -0.05) is 72.4 Å². The highest BCUT2D eigenvalue weighted by Gasteiger charge is 2.23. The van der Waals surface area contributed by atoms with Crippen molar-refractivity contribution in [3.8, 4) is 0 Å². The van der Waals surface area contributed by atoms with Gasteiger partial charge in [0, 0.05) is 0 Å². The molecule has 0 aliphatic carbocycles. The summed E-state index contributed by atoms with van der Waals surface area (Å²) in [5, 5.41) is 11.2. The van der Waals surface area contributed by atoms with Crippen LogP contribution in [0.2, 0.25) is 0 Å². The van der Waals surface area contributed by atoms with Gasteiger partial charge >= 0.3 is 0 Å². The van der Waals surface area contributed by atoms with E-state index in [1.807, 2.05) is 67.6 Å². The van der Waals surface area contributed by atoms with Gasteiger partial charge in [-0.2, -0.15) is 0 Å². The molecule has 0 radical (unpaired) electrons. The fourth-order valence-electron chi connectivity index (χ4n) is 2.55. The first-order valence-electron chi connectivity index (χ1n) is 8.30. The summed E-state index contributed by atoms with van der Waals surface area (Å²) in [6.07, 6.45) is 0. The van der Waals surface area contributed by atoms with E-state index in [0.29, 0.717) is 11.0 Å². The first-order valence-corrected chi connectivity index (χ1v) is 9.18. The molecule has 6 nitrogen and oxygen atoms in total. The van der Waals surface area contributed by atoms with E-state index in [-0.39, 0.29) is 17.2 Å². The molecule has 0 bridgehead atoms. The Morgan fingerprint density at radius 1 is 1.04 bits per heavy atom. The molecule has 3 aromatic rings. The number of nitrogens with zero attached hydrogens (tertiary/aromatic N) is 3. The van der Waals surface area contributed by atoms with Gasteiger partial charge in [-0.15, -0.1) is 10.2 Å². The fraction of sp³-hybridized carbons (Fsp3) is 0.211. The maximum absolute atomic E-state index is 12.8. The highest BCUT2D eigenvalue weighted by molar-refractivity contribution is 8.00. The first-order chi connectivity index (χ1) is 12.6. The van der Waals surface area contributed by atoms with Crippen LogP contribution in [0.1, 0.15) is 29.9 Å². The Hall–Kier alpha value is -2.80. The summed E-state index contributed by atoms with van der Waals surface area (Å²) in [4.78, 5) is 12.8. The minimum atomic E-state index is -0.365. The van der Waals surface area contributed by atoms with Crippen molar-refractivity contribution in [3.05, 3.63) is 77.6 Å². The molecular formula is C19H21N5OS. The lowest BCUT2D eigenvalue weighted by Gasteiger charge is -2.21. The number of carbonyl (C=O) groups excluding carboxylic acids is 1. The number of carbonyl (C=O) groups is 1. The van der Waals surface area contributed by atoms with Gasteiger partial charge in [-0.05, 0) is 25.0 Å². The molecule has 0 saturated carbocycles. The van der Waals surface area contributed by atoms with Crippen LogP contribution in [0.15, 0.2) is 65.8 Å². The van der Waals surface area contributed by atoms with Crippen molar-refractivity contribution >= 4 is 17.7 Å². The summed E-state index contributed by atoms with van der Waals surface area (Å²) in [6, 6.07) is 19.6. The molecule has 0 aliphatic rings. The lowest BCUT2D eigenvalue weighted by molar-refractivity contribution is -0.120. The van der Waals surface area contributed by atoms with Crippen molar-refractivity contribution in [2.75, 3.05) is 5.84 Å². The zero-order valence-corrected chi connectivity index (χ0v) is 15.5. The second-order valence-corrected chi connectivity index (χ2v) is 7.23. The Balaban J connectivity index is 1.78. The fourth-order valence-corrected chi connectivity index (χ4v) is 3.38. The predicted molar refractivity (Wildman–Crippen MR) is 103 cm³/mol. The largest absolute Gasteiger partial charge is 0.344 e. The lowest BCUT2D eigenvalue weighted by Crippen LogP contribution is -2.35. The molecule has 0 spiro atoms. The van der Waals surface area contributed by atoms with E-state index in [0.717, 1.165) is 11.1 Å². The maximum Gasteiger partial charge on any atom is 0.234 e. The number of hydrogen-bond acceptors (Lipinski definition) is 5. The molecular weight excluding hydrogens is 346 g/mol. The Morgan fingerprint density at radius 3 is 2.04 bits per heavy atom. The Labute approximate surface area is 156 Å². The number of amides is 1. The molecule has 134 valence electrons. The topological polar surface area (TPSA) is 85.8 Å². The minimum Gasteiger partial charge on any atom is -0.344 e. The normalized spacial score (nSPS) is 12.1. The summed E-state index contributed by atoms with van der Waals surface area (Å²) in [7, 11) is 0. The van der Waals surface area contributed by atoms with Crippen LogP contribution in [0.3, 0.4) is 0 Å². The molecule has 0 fully saturated rings. The Kier molecular flexibility index (Phi) is 5.58. The van der Waals surface area contributed by atoms with E-state index in [1.54, 1.807) is 6.92 Å². The summed E-state index contributed by atoms with van der Waals surface area (Å²) in [5.74, 6) is 6.39. The zero-order valence-electron chi connectivity index (χ0n) is 14.7. The molecule has 7 heteroatoms. The molecule has 3 N–H and O–H groups in total. The minimum absolute atomic E-state index is 0.0895. The predicted octanol–water partition coefficient (Wildman–Crippen LogP) is 2.69.